The monoisotopic (exact) mass is 304 g/mol. The third kappa shape index (κ3) is 2.59. The smallest absolute Gasteiger partial charge is 0.257 e. The molecule has 3 nitrogen and oxygen atoms in total. The molecule has 0 saturated carbocycles. The maximum atomic E-state index is 12.2. The summed E-state index contributed by atoms with van der Waals surface area (Å²) in [6, 6.07) is 9.31. The quantitative estimate of drug-likeness (QED) is 0.919. The molecule has 0 bridgehead atoms. The van der Waals surface area contributed by atoms with Crippen LogP contribution in [0, 0.1) is 13.8 Å². The van der Waals surface area contributed by atoms with Crippen molar-refractivity contribution in [1.29, 1.82) is 0 Å². The Morgan fingerprint density at radius 2 is 2.00 bits per heavy atom. The lowest BCUT2D eigenvalue weighted by molar-refractivity contribution is 0.102. The zero-order chi connectivity index (χ0) is 13.1. The number of rotatable bonds is 2. The van der Waals surface area contributed by atoms with Crippen LogP contribution >= 0.6 is 15.9 Å². The van der Waals surface area contributed by atoms with Crippen molar-refractivity contribution in [3.8, 4) is 0 Å². The average molecular weight is 305 g/mol. The molecule has 0 atom stereocenters. The van der Waals surface area contributed by atoms with Gasteiger partial charge in [-0.15, -0.1) is 0 Å². The second-order valence-corrected chi connectivity index (χ2v) is 4.89. The molecule has 2 rings (SSSR count). The highest BCUT2D eigenvalue weighted by molar-refractivity contribution is 9.10. The number of aryl methyl sites for hydroxylation is 1. The Labute approximate surface area is 114 Å². The minimum absolute atomic E-state index is 0.143. The van der Waals surface area contributed by atoms with Gasteiger partial charge in [-0.05, 0) is 43.2 Å². The molecular weight excluding hydrogens is 292 g/mol. The Hall–Kier alpha value is -1.68. The van der Waals surface area contributed by atoms with Crippen molar-refractivity contribution in [2.75, 3.05) is 5.32 Å². The first-order valence-corrected chi connectivity index (χ1v) is 6.37. The first-order chi connectivity index (χ1) is 8.59. The van der Waals surface area contributed by atoms with Gasteiger partial charge in [0.25, 0.3) is 5.91 Å². The normalized spacial score (nSPS) is 10.2. The summed E-state index contributed by atoms with van der Waals surface area (Å²) in [5.74, 6) is 0.456. The first kappa shape index (κ1) is 12.8. The summed E-state index contributed by atoms with van der Waals surface area (Å²) in [6.45, 7) is 3.82. The van der Waals surface area contributed by atoms with Crippen LogP contribution in [-0.4, -0.2) is 10.9 Å². The number of carbonyl (C=O) groups is 1. The molecule has 1 aromatic carbocycles. The fraction of sp³-hybridized carbons (Fsp3) is 0.143. The van der Waals surface area contributed by atoms with Gasteiger partial charge in [0.1, 0.15) is 5.82 Å². The van der Waals surface area contributed by atoms with Gasteiger partial charge >= 0.3 is 0 Å². The number of nitrogens with one attached hydrogen (secondary N) is 1. The van der Waals surface area contributed by atoms with E-state index >= 15 is 0 Å². The summed E-state index contributed by atoms with van der Waals surface area (Å²) < 4.78 is 0.924. The van der Waals surface area contributed by atoms with E-state index in [1.165, 1.54) is 0 Å². The lowest BCUT2D eigenvalue weighted by atomic mass is 10.1. The summed E-state index contributed by atoms with van der Waals surface area (Å²) >= 11 is 3.42. The number of aromatic nitrogens is 1. The van der Waals surface area contributed by atoms with E-state index in [1.807, 2.05) is 38.1 Å². The SMILES string of the molecule is Cc1cccnc1NC(=O)c1cccc(Br)c1C. The number of hydrogen-bond donors (Lipinski definition) is 1. The number of hydrogen-bond acceptors (Lipinski definition) is 2. The molecule has 0 saturated heterocycles. The Bertz CT molecular complexity index is 596. The first-order valence-electron chi connectivity index (χ1n) is 5.57. The minimum Gasteiger partial charge on any atom is -0.306 e. The molecule has 18 heavy (non-hydrogen) atoms. The number of anilines is 1. The van der Waals surface area contributed by atoms with Gasteiger partial charge in [-0.25, -0.2) is 4.98 Å². The van der Waals surface area contributed by atoms with E-state index in [2.05, 4.69) is 26.2 Å². The van der Waals surface area contributed by atoms with E-state index in [9.17, 15) is 4.79 Å². The Balaban J connectivity index is 2.28. The Morgan fingerprint density at radius 1 is 1.22 bits per heavy atom. The average Bonchev–Trinajstić information content (AvgIpc) is 2.35. The number of nitrogens with zero attached hydrogens (tertiary/aromatic N) is 1. The summed E-state index contributed by atoms with van der Waals surface area (Å²) in [4.78, 5) is 16.3. The van der Waals surface area contributed by atoms with Crippen molar-refractivity contribution >= 4 is 27.7 Å². The van der Waals surface area contributed by atoms with Gasteiger partial charge in [0, 0.05) is 16.2 Å². The predicted octanol–water partition coefficient (Wildman–Crippen LogP) is 3.71. The summed E-state index contributed by atoms with van der Waals surface area (Å²) in [5.41, 5.74) is 2.51. The zero-order valence-electron chi connectivity index (χ0n) is 10.2. The van der Waals surface area contributed by atoms with Crippen molar-refractivity contribution < 1.29 is 4.79 Å². The van der Waals surface area contributed by atoms with Crippen LogP contribution < -0.4 is 5.32 Å². The number of benzene rings is 1. The van der Waals surface area contributed by atoms with Crippen LogP contribution in [-0.2, 0) is 0 Å². The molecule has 1 amide bonds. The molecule has 0 aliphatic carbocycles. The fourth-order valence-electron chi connectivity index (χ4n) is 1.64. The number of halogens is 1. The van der Waals surface area contributed by atoms with Gasteiger partial charge in [0.15, 0.2) is 0 Å². The maximum absolute atomic E-state index is 12.2. The lowest BCUT2D eigenvalue weighted by Gasteiger charge is -2.09. The van der Waals surface area contributed by atoms with Crippen molar-refractivity contribution in [3.05, 3.63) is 57.7 Å². The highest BCUT2D eigenvalue weighted by Crippen LogP contribution is 2.20. The molecule has 2 aromatic rings. The number of pyridine rings is 1. The lowest BCUT2D eigenvalue weighted by Crippen LogP contribution is -2.15. The minimum atomic E-state index is -0.143. The van der Waals surface area contributed by atoms with Gasteiger partial charge in [0.05, 0.1) is 0 Å². The van der Waals surface area contributed by atoms with Gasteiger partial charge in [0.2, 0.25) is 0 Å². The third-order valence-electron chi connectivity index (χ3n) is 2.75. The summed E-state index contributed by atoms with van der Waals surface area (Å²) in [7, 11) is 0. The van der Waals surface area contributed by atoms with E-state index in [0.717, 1.165) is 15.6 Å². The molecule has 1 aromatic heterocycles. The molecule has 4 heteroatoms. The topological polar surface area (TPSA) is 42.0 Å². The molecular formula is C14H13BrN2O. The molecule has 0 unspecified atom stereocenters. The van der Waals surface area contributed by atoms with Crippen molar-refractivity contribution in [2.24, 2.45) is 0 Å². The van der Waals surface area contributed by atoms with Crippen molar-refractivity contribution in [3.63, 3.8) is 0 Å². The molecule has 0 fully saturated rings. The Kier molecular flexibility index (Phi) is 3.77. The van der Waals surface area contributed by atoms with Crippen molar-refractivity contribution in [2.45, 2.75) is 13.8 Å². The second kappa shape index (κ2) is 5.31. The van der Waals surface area contributed by atoms with Gasteiger partial charge in [-0.1, -0.05) is 28.1 Å². The van der Waals surface area contributed by atoms with Crippen LogP contribution in [0.2, 0.25) is 0 Å². The van der Waals surface area contributed by atoms with Gasteiger partial charge in [-0.2, -0.15) is 0 Å². The molecule has 92 valence electrons. The summed E-state index contributed by atoms with van der Waals surface area (Å²) in [6.07, 6.45) is 1.66. The number of amides is 1. The fourth-order valence-corrected chi connectivity index (χ4v) is 2.01. The maximum Gasteiger partial charge on any atom is 0.257 e. The van der Waals surface area contributed by atoms with E-state index < -0.39 is 0 Å². The van der Waals surface area contributed by atoms with E-state index in [0.29, 0.717) is 11.4 Å². The van der Waals surface area contributed by atoms with Gasteiger partial charge < -0.3 is 5.32 Å². The van der Waals surface area contributed by atoms with E-state index in [-0.39, 0.29) is 5.91 Å². The van der Waals surface area contributed by atoms with Crippen LogP contribution in [0.5, 0.6) is 0 Å². The highest BCUT2D eigenvalue weighted by atomic mass is 79.9. The van der Waals surface area contributed by atoms with Crippen LogP contribution in [0.4, 0.5) is 5.82 Å². The molecule has 0 radical (unpaired) electrons. The van der Waals surface area contributed by atoms with Crippen LogP contribution in [0.3, 0.4) is 0 Å². The predicted molar refractivity (Wildman–Crippen MR) is 75.8 cm³/mol. The van der Waals surface area contributed by atoms with Gasteiger partial charge in [-0.3, -0.25) is 4.79 Å². The molecule has 1 heterocycles. The van der Waals surface area contributed by atoms with Crippen molar-refractivity contribution in [1.82, 2.24) is 4.98 Å². The summed E-state index contributed by atoms with van der Waals surface area (Å²) in [5, 5.41) is 2.82. The third-order valence-corrected chi connectivity index (χ3v) is 3.61. The Morgan fingerprint density at radius 3 is 2.72 bits per heavy atom. The second-order valence-electron chi connectivity index (χ2n) is 4.04. The molecule has 0 aliphatic heterocycles. The standard InChI is InChI=1S/C14H13BrN2O/c1-9-5-4-8-16-13(9)17-14(18)11-6-3-7-12(15)10(11)2/h3-8H,1-2H3,(H,16,17,18). The van der Waals surface area contributed by atoms with E-state index in [4.69, 9.17) is 0 Å². The van der Waals surface area contributed by atoms with E-state index in [1.54, 1.807) is 12.3 Å². The van der Waals surface area contributed by atoms with Crippen LogP contribution in [0.25, 0.3) is 0 Å². The largest absolute Gasteiger partial charge is 0.306 e. The molecule has 1 N–H and O–H groups in total. The zero-order valence-corrected chi connectivity index (χ0v) is 11.8. The highest BCUT2D eigenvalue weighted by Gasteiger charge is 2.12. The van der Waals surface area contributed by atoms with Crippen LogP contribution in [0.1, 0.15) is 21.5 Å². The van der Waals surface area contributed by atoms with Crippen LogP contribution in [0.15, 0.2) is 41.0 Å². The molecule has 0 spiro atoms. The number of carbonyl (C=O) groups excluding carboxylic acids is 1. The molecule has 0 aliphatic rings.